The third kappa shape index (κ3) is 2.28. The molecule has 0 aliphatic carbocycles. The number of thiocarbonyl (C=S) groups is 1. The highest BCUT2D eigenvalue weighted by atomic mass is 32.2. The van der Waals surface area contributed by atoms with E-state index in [0.717, 1.165) is 0 Å². The second kappa shape index (κ2) is 4.00. The van der Waals surface area contributed by atoms with E-state index in [2.05, 4.69) is 5.10 Å². The van der Waals surface area contributed by atoms with E-state index < -0.39 is 0 Å². The summed E-state index contributed by atoms with van der Waals surface area (Å²) in [6, 6.07) is 0. The van der Waals surface area contributed by atoms with Crippen molar-refractivity contribution in [3.63, 3.8) is 0 Å². The molecule has 0 atom stereocenters. The van der Waals surface area contributed by atoms with Gasteiger partial charge in [-0.25, -0.2) is 0 Å². The SMILES string of the molecule is CC(C)/C=N/N1C(=O)CSC1=S. The van der Waals surface area contributed by atoms with E-state index in [9.17, 15) is 4.79 Å². The number of thioether (sulfide) groups is 1. The quantitative estimate of drug-likeness (QED) is 0.502. The first-order chi connectivity index (χ1) is 5.61. The van der Waals surface area contributed by atoms with Crippen LogP contribution in [0, 0.1) is 5.92 Å². The minimum Gasteiger partial charge on any atom is -0.272 e. The molecule has 1 fully saturated rings. The standard InChI is InChI=1S/C7H10N2OS2/c1-5(2)3-8-9-6(10)4-12-7(9)11/h3,5H,4H2,1-2H3/b8-3+. The van der Waals surface area contributed by atoms with Gasteiger partial charge in [0, 0.05) is 6.21 Å². The molecule has 1 aliphatic heterocycles. The first-order valence-corrected chi connectivity index (χ1v) is 5.04. The van der Waals surface area contributed by atoms with Crippen LogP contribution in [0.25, 0.3) is 0 Å². The summed E-state index contributed by atoms with van der Waals surface area (Å²) in [5.74, 6) is 0.738. The Labute approximate surface area is 81.2 Å². The number of hydrazone groups is 1. The van der Waals surface area contributed by atoms with Crippen molar-refractivity contribution in [1.82, 2.24) is 5.01 Å². The first-order valence-electron chi connectivity index (χ1n) is 3.65. The number of hydrogen-bond donors (Lipinski definition) is 0. The highest BCUT2D eigenvalue weighted by Crippen LogP contribution is 2.19. The van der Waals surface area contributed by atoms with Crippen LogP contribution in [0.1, 0.15) is 13.8 Å². The first kappa shape index (κ1) is 9.67. The van der Waals surface area contributed by atoms with Crippen molar-refractivity contribution < 1.29 is 4.79 Å². The summed E-state index contributed by atoms with van der Waals surface area (Å²) in [6.07, 6.45) is 1.72. The number of amides is 1. The Morgan fingerprint density at radius 1 is 1.75 bits per heavy atom. The van der Waals surface area contributed by atoms with Crippen molar-refractivity contribution in [2.45, 2.75) is 13.8 Å². The molecule has 0 saturated carbocycles. The fourth-order valence-electron chi connectivity index (χ4n) is 0.659. The zero-order valence-electron chi connectivity index (χ0n) is 6.98. The second-order valence-corrected chi connectivity index (χ2v) is 4.38. The molecule has 0 spiro atoms. The molecule has 1 amide bonds. The second-order valence-electron chi connectivity index (χ2n) is 2.77. The lowest BCUT2D eigenvalue weighted by Gasteiger charge is -2.06. The topological polar surface area (TPSA) is 32.7 Å². The molecule has 0 N–H and O–H groups in total. The van der Waals surface area contributed by atoms with Crippen molar-refractivity contribution in [2.24, 2.45) is 11.0 Å². The summed E-state index contributed by atoms with van der Waals surface area (Å²) < 4.78 is 0.553. The van der Waals surface area contributed by atoms with Crippen LogP contribution < -0.4 is 0 Å². The van der Waals surface area contributed by atoms with E-state index in [1.807, 2.05) is 13.8 Å². The van der Waals surface area contributed by atoms with Gasteiger partial charge >= 0.3 is 0 Å². The predicted octanol–water partition coefficient (Wildman–Crippen LogP) is 1.49. The molecule has 1 rings (SSSR count). The van der Waals surface area contributed by atoms with E-state index in [0.29, 0.717) is 16.0 Å². The fraction of sp³-hybridized carbons (Fsp3) is 0.571. The summed E-state index contributed by atoms with van der Waals surface area (Å²) in [6.45, 7) is 4.00. The molecule has 0 radical (unpaired) electrons. The molecule has 5 heteroatoms. The van der Waals surface area contributed by atoms with Crippen molar-refractivity contribution in [3.8, 4) is 0 Å². The van der Waals surface area contributed by atoms with Crippen LogP contribution in [0.4, 0.5) is 0 Å². The van der Waals surface area contributed by atoms with Crippen LogP contribution in [-0.4, -0.2) is 27.2 Å². The highest BCUT2D eigenvalue weighted by molar-refractivity contribution is 8.23. The van der Waals surface area contributed by atoms with Crippen LogP contribution >= 0.6 is 24.0 Å². The smallest absolute Gasteiger partial charge is 0.259 e. The number of rotatable bonds is 2. The summed E-state index contributed by atoms with van der Waals surface area (Å²) in [5, 5.41) is 5.27. The van der Waals surface area contributed by atoms with Gasteiger partial charge in [-0.3, -0.25) is 4.79 Å². The summed E-state index contributed by atoms with van der Waals surface area (Å²) >= 11 is 6.28. The zero-order valence-corrected chi connectivity index (χ0v) is 8.61. The van der Waals surface area contributed by atoms with E-state index in [-0.39, 0.29) is 5.91 Å². The number of nitrogens with zero attached hydrogens (tertiary/aromatic N) is 2. The summed E-state index contributed by atoms with van der Waals surface area (Å²) in [7, 11) is 0. The largest absolute Gasteiger partial charge is 0.272 e. The third-order valence-corrected chi connectivity index (χ3v) is 2.55. The van der Waals surface area contributed by atoms with Gasteiger partial charge in [-0.2, -0.15) is 10.1 Å². The van der Waals surface area contributed by atoms with Gasteiger partial charge < -0.3 is 0 Å². The van der Waals surface area contributed by atoms with Gasteiger partial charge in [0.2, 0.25) is 0 Å². The molecule has 0 aromatic carbocycles. The van der Waals surface area contributed by atoms with Gasteiger partial charge in [0.25, 0.3) is 5.91 Å². The van der Waals surface area contributed by atoms with Gasteiger partial charge in [0.05, 0.1) is 5.75 Å². The Morgan fingerprint density at radius 3 is 2.83 bits per heavy atom. The number of carbonyl (C=O) groups excluding carboxylic acids is 1. The maximum absolute atomic E-state index is 11.1. The number of carbonyl (C=O) groups is 1. The Hall–Kier alpha value is -0.420. The molecule has 1 heterocycles. The Bertz CT molecular complexity index is 222. The maximum atomic E-state index is 11.1. The van der Waals surface area contributed by atoms with Crippen LogP contribution in [0.2, 0.25) is 0 Å². The molecule has 66 valence electrons. The fourth-order valence-corrected chi connectivity index (χ4v) is 1.63. The molecule has 12 heavy (non-hydrogen) atoms. The van der Waals surface area contributed by atoms with Crippen molar-refractivity contribution in [2.75, 3.05) is 5.75 Å². The lowest BCUT2D eigenvalue weighted by atomic mass is 10.3. The van der Waals surface area contributed by atoms with Crippen molar-refractivity contribution in [1.29, 1.82) is 0 Å². The minimum absolute atomic E-state index is 0.0260. The van der Waals surface area contributed by atoms with Crippen LogP contribution in [0.3, 0.4) is 0 Å². The Balaban J connectivity index is 2.62. The van der Waals surface area contributed by atoms with Crippen LogP contribution in [0.15, 0.2) is 5.10 Å². The van der Waals surface area contributed by atoms with E-state index in [1.54, 1.807) is 6.21 Å². The number of hydrogen-bond acceptors (Lipinski definition) is 4. The monoisotopic (exact) mass is 202 g/mol. The van der Waals surface area contributed by atoms with Crippen LogP contribution in [-0.2, 0) is 4.79 Å². The van der Waals surface area contributed by atoms with Gasteiger partial charge in [-0.15, -0.1) is 0 Å². The summed E-state index contributed by atoms with van der Waals surface area (Å²) in [5.41, 5.74) is 0. The molecular weight excluding hydrogens is 192 g/mol. The Kier molecular flexibility index (Phi) is 3.22. The minimum atomic E-state index is -0.0260. The third-order valence-electron chi connectivity index (χ3n) is 1.21. The van der Waals surface area contributed by atoms with Gasteiger partial charge in [0.1, 0.15) is 0 Å². The van der Waals surface area contributed by atoms with Crippen molar-refractivity contribution in [3.05, 3.63) is 0 Å². The molecule has 1 saturated heterocycles. The normalized spacial score (nSPS) is 18.8. The van der Waals surface area contributed by atoms with Crippen molar-refractivity contribution >= 4 is 40.4 Å². The molecule has 0 unspecified atom stereocenters. The highest BCUT2D eigenvalue weighted by Gasteiger charge is 2.25. The van der Waals surface area contributed by atoms with E-state index in [4.69, 9.17) is 12.2 Å². The maximum Gasteiger partial charge on any atom is 0.259 e. The molecule has 0 aromatic rings. The molecule has 0 bridgehead atoms. The molecule has 0 aromatic heterocycles. The lowest BCUT2D eigenvalue weighted by Crippen LogP contribution is -2.22. The average Bonchev–Trinajstić information content (AvgIpc) is 2.28. The van der Waals surface area contributed by atoms with E-state index >= 15 is 0 Å². The predicted molar refractivity (Wildman–Crippen MR) is 55.2 cm³/mol. The zero-order chi connectivity index (χ0) is 9.14. The average molecular weight is 202 g/mol. The lowest BCUT2D eigenvalue weighted by molar-refractivity contribution is -0.124. The molecular formula is C7H10N2OS2. The van der Waals surface area contributed by atoms with Gasteiger partial charge in [0.15, 0.2) is 4.32 Å². The molecule has 3 nitrogen and oxygen atoms in total. The van der Waals surface area contributed by atoms with Crippen LogP contribution in [0.5, 0.6) is 0 Å². The van der Waals surface area contributed by atoms with Gasteiger partial charge in [-0.05, 0) is 5.92 Å². The molecule has 1 aliphatic rings. The summed E-state index contributed by atoms with van der Waals surface area (Å²) in [4.78, 5) is 11.1. The Morgan fingerprint density at radius 2 is 2.42 bits per heavy atom. The van der Waals surface area contributed by atoms with E-state index in [1.165, 1.54) is 16.8 Å². The van der Waals surface area contributed by atoms with Gasteiger partial charge in [-0.1, -0.05) is 37.8 Å².